The van der Waals surface area contributed by atoms with Gasteiger partial charge in [0.15, 0.2) is 11.5 Å². The molecule has 3 rings (SSSR count). The van der Waals surface area contributed by atoms with Crippen LogP contribution in [0, 0.1) is 0 Å². The van der Waals surface area contributed by atoms with Crippen molar-refractivity contribution in [3.05, 3.63) is 54.1 Å². The molecule has 0 spiro atoms. The van der Waals surface area contributed by atoms with Gasteiger partial charge in [0, 0.05) is 5.56 Å². The fraction of sp³-hybridized carbons (Fsp3) is 0.0625. The third-order valence-electron chi connectivity index (χ3n) is 3.17. The maximum Gasteiger partial charge on any atom is 0.263 e. The molecule has 0 fully saturated rings. The number of nitrogens with zero attached hydrogens (tertiary/aromatic N) is 5. The van der Waals surface area contributed by atoms with Crippen LogP contribution in [0.5, 0.6) is 11.5 Å². The predicted octanol–water partition coefficient (Wildman–Crippen LogP) is 0.902. The number of tetrazole rings is 1. The predicted molar refractivity (Wildman–Crippen MR) is 88.8 cm³/mol. The fourth-order valence-corrected chi connectivity index (χ4v) is 1.98. The van der Waals surface area contributed by atoms with Gasteiger partial charge in [0.2, 0.25) is 5.82 Å². The average Bonchev–Trinajstić information content (AvgIpc) is 3.07. The Balaban J connectivity index is 1.57. The number of rotatable bonds is 5. The molecule has 0 atom stereocenters. The number of aromatic nitrogens is 4. The molecule has 9 heteroatoms. The Morgan fingerprint density at radius 1 is 1.16 bits per heavy atom. The van der Waals surface area contributed by atoms with Gasteiger partial charge in [-0.3, -0.25) is 4.79 Å². The van der Waals surface area contributed by atoms with Crippen LogP contribution in [0.1, 0.15) is 5.56 Å². The minimum atomic E-state index is -0.434. The van der Waals surface area contributed by atoms with Crippen molar-refractivity contribution in [1.82, 2.24) is 25.6 Å². The number of carbonyl (C=O) groups excluding carboxylic acids is 1. The van der Waals surface area contributed by atoms with Crippen molar-refractivity contribution in [3.63, 3.8) is 0 Å². The number of hydrogen-bond donors (Lipinski definition) is 3. The molecule has 25 heavy (non-hydrogen) atoms. The van der Waals surface area contributed by atoms with E-state index in [1.165, 1.54) is 29.2 Å². The molecule has 0 aliphatic rings. The van der Waals surface area contributed by atoms with Crippen molar-refractivity contribution in [2.75, 3.05) is 0 Å². The van der Waals surface area contributed by atoms with Crippen molar-refractivity contribution in [2.24, 2.45) is 5.10 Å². The quantitative estimate of drug-likeness (QED) is 0.360. The highest BCUT2D eigenvalue weighted by Crippen LogP contribution is 2.23. The number of carbonyl (C=O) groups is 1. The van der Waals surface area contributed by atoms with Crippen molar-refractivity contribution < 1.29 is 15.0 Å². The SMILES string of the molecule is O=C(Cn1nnc(-c2ccccc2)n1)N/N=C\c1ccc(O)c(O)c1. The summed E-state index contributed by atoms with van der Waals surface area (Å²) in [5.41, 5.74) is 3.64. The molecule has 3 N–H and O–H groups in total. The molecule has 0 radical (unpaired) electrons. The van der Waals surface area contributed by atoms with Crippen molar-refractivity contribution >= 4 is 12.1 Å². The first-order chi connectivity index (χ1) is 12.1. The van der Waals surface area contributed by atoms with E-state index in [2.05, 4.69) is 25.9 Å². The molecule has 9 nitrogen and oxygen atoms in total. The molecular formula is C16H14N6O3. The van der Waals surface area contributed by atoms with Crippen LogP contribution in [0.25, 0.3) is 11.4 Å². The first kappa shape index (κ1) is 16.1. The molecule has 1 aromatic heterocycles. The van der Waals surface area contributed by atoms with Crippen LogP contribution >= 0.6 is 0 Å². The number of hydrogen-bond acceptors (Lipinski definition) is 7. The van der Waals surface area contributed by atoms with Gasteiger partial charge in [0.05, 0.1) is 6.21 Å². The molecule has 0 aliphatic heterocycles. The lowest BCUT2D eigenvalue weighted by molar-refractivity contribution is -0.122. The molecular weight excluding hydrogens is 324 g/mol. The lowest BCUT2D eigenvalue weighted by Gasteiger charge is -1.99. The van der Waals surface area contributed by atoms with Crippen LogP contribution in [0.2, 0.25) is 0 Å². The van der Waals surface area contributed by atoms with Crippen molar-refractivity contribution in [1.29, 1.82) is 0 Å². The number of phenolic OH excluding ortho intramolecular Hbond substituents is 2. The molecule has 0 unspecified atom stereocenters. The van der Waals surface area contributed by atoms with Gasteiger partial charge in [0.25, 0.3) is 5.91 Å². The van der Waals surface area contributed by atoms with E-state index >= 15 is 0 Å². The van der Waals surface area contributed by atoms with E-state index in [1.54, 1.807) is 0 Å². The maximum atomic E-state index is 11.8. The Kier molecular flexibility index (Phi) is 4.65. The molecule has 0 bridgehead atoms. The van der Waals surface area contributed by atoms with E-state index in [4.69, 9.17) is 0 Å². The molecule has 3 aromatic rings. The summed E-state index contributed by atoms with van der Waals surface area (Å²) in [5.74, 6) is -0.504. The summed E-state index contributed by atoms with van der Waals surface area (Å²) < 4.78 is 0. The minimum Gasteiger partial charge on any atom is -0.504 e. The van der Waals surface area contributed by atoms with Crippen LogP contribution in [-0.4, -0.2) is 42.5 Å². The van der Waals surface area contributed by atoms with E-state index in [1.807, 2.05) is 30.3 Å². The van der Waals surface area contributed by atoms with Gasteiger partial charge in [-0.15, -0.1) is 10.2 Å². The second-order valence-corrected chi connectivity index (χ2v) is 5.05. The first-order valence-corrected chi connectivity index (χ1v) is 7.29. The van der Waals surface area contributed by atoms with Gasteiger partial charge >= 0.3 is 0 Å². The summed E-state index contributed by atoms with van der Waals surface area (Å²) in [4.78, 5) is 13.0. The molecule has 0 aliphatic carbocycles. The zero-order chi connectivity index (χ0) is 17.6. The summed E-state index contributed by atoms with van der Waals surface area (Å²) in [6.07, 6.45) is 1.33. The zero-order valence-corrected chi connectivity index (χ0v) is 12.9. The minimum absolute atomic E-state index is 0.141. The second-order valence-electron chi connectivity index (χ2n) is 5.05. The lowest BCUT2D eigenvalue weighted by atomic mass is 10.2. The smallest absolute Gasteiger partial charge is 0.263 e. The molecule has 126 valence electrons. The number of benzene rings is 2. The molecule has 1 amide bonds. The van der Waals surface area contributed by atoms with E-state index < -0.39 is 5.91 Å². The van der Waals surface area contributed by atoms with E-state index in [9.17, 15) is 15.0 Å². The summed E-state index contributed by atoms with van der Waals surface area (Å²) in [7, 11) is 0. The molecule has 2 aromatic carbocycles. The number of nitrogens with one attached hydrogen (secondary N) is 1. The highest BCUT2D eigenvalue weighted by atomic mass is 16.3. The maximum absolute atomic E-state index is 11.8. The highest BCUT2D eigenvalue weighted by Gasteiger charge is 2.08. The van der Waals surface area contributed by atoms with Crippen LogP contribution in [0.15, 0.2) is 53.6 Å². The number of phenols is 2. The summed E-state index contributed by atoms with van der Waals surface area (Å²) in [6.45, 7) is -0.141. The van der Waals surface area contributed by atoms with E-state index in [-0.39, 0.29) is 18.0 Å². The Morgan fingerprint density at radius 2 is 1.96 bits per heavy atom. The standard InChI is InChI=1S/C16H14N6O3/c23-13-7-6-11(8-14(13)24)9-17-18-15(25)10-22-20-16(19-21-22)12-4-2-1-3-5-12/h1-9,23-24H,10H2,(H,18,25)/b17-9-. The summed E-state index contributed by atoms with van der Waals surface area (Å²) in [5, 5.41) is 34.2. The Bertz CT molecular complexity index is 907. The summed E-state index contributed by atoms with van der Waals surface area (Å²) in [6, 6.07) is 13.5. The van der Waals surface area contributed by atoms with E-state index in [0.717, 1.165) is 5.56 Å². The van der Waals surface area contributed by atoms with Gasteiger partial charge in [0.1, 0.15) is 6.54 Å². The third-order valence-corrected chi connectivity index (χ3v) is 3.17. The lowest BCUT2D eigenvalue weighted by Crippen LogP contribution is -2.24. The van der Waals surface area contributed by atoms with Gasteiger partial charge < -0.3 is 10.2 Å². The largest absolute Gasteiger partial charge is 0.504 e. The van der Waals surface area contributed by atoms with Crippen molar-refractivity contribution in [3.8, 4) is 22.9 Å². The topological polar surface area (TPSA) is 126 Å². The number of hydrazone groups is 1. The second kappa shape index (κ2) is 7.21. The van der Waals surface area contributed by atoms with Crippen LogP contribution in [0.4, 0.5) is 0 Å². The fourth-order valence-electron chi connectivity index (χ4n) is 1.98. The number of amides is 1. The van der Waals surface area contributed by atoms with Gasteiger partial charge in [-0.1, -0.05) is 30.3 Å². The highest BCUT2D eigenvalue weighted by molar-refractivity contribution is 5.83. The monoisotopic (exact) mass is 338 g/mol. The zero-order valence-electron chi connectivity index (χ0n) is 12.9. The van der Waals surface area contributed by atoms with Gasteiger partial charge in [-0.2, -0.15) is 9.90 Å². The van der Waals surface area contributed by atoms with Crippen LogP contribution < -0.4 is 5.43 Å². The van der Waals surface area contributed by atoms with Crippen LogP contribution in [0.3, 0.4) is 0 Å². The van der Waals surface area contributed by atoms with Crippen LogP contribution in [-0.2, 0) is 11.3 Å². The van der Waals surface area contributed by atoms with Crippen molar-refractivity contribution in [2.45, 2.75) is 6.54 Å². The van der Waals surface area contributed by atoms with E-state index in [0.29, 0.717) is 11.4 Å². The number of aromatic hydroxyl groups is 2. The average molecular weight is 338 g/mol. The van der Waals surface area contributed by atoms with Gasteiger partial charge in [-0.05, 0) is 29.0 Å². The summed E-state index contributed by atoms with van der Waals surface area (Å²) >= 11 is 0. The Morgan fingerprint density at radius 3 is 2.72 bits per heavy atom. The Labute approximate surface area is 142 Å². The molecule has 0 saturated heterocycles. The first-order valence-electron chi connectivity index (χ1n) is 7.29. The third kappa shape index (κ3) is 4.16. The molecule has 1 heterocycles. The molecule has 0 saturated carbocycles. The normalized spacial score (nSPS) is 10.9. The Hall–Kier alpha value is -3.75. The van der Waals surface area contributed by atoms with Gasteiger partial charge in [-0.25, -0.2) is 5.43 Å².